The van der Waals surface area contributed by atoms with Crippen LogP contribution in [0, 0.1) is 0 Å². The van der Waals surface area contributed by atoms with Crippen molar-refractivity contribution in [1.82, 2.24) is 5.32 Å². The molecule has 0 aromatic heterocycles. The number of rotatable bonds is 8. The molecule has 2 aromatic rings. The van der Waals surface area contributed by atoms with Crippen molar-refractivity contribution in [2.45, 2.75) is 39.5 Å². The van der Waals surface area contributed by atoms with Crippen LogP contribution in [0.2, 0.25) is 10.0 Å². The Kier molecular flexibility index (Phi) is 7.22. The Morgan fingerprint density at radius 2 is 1.92 bits per heavy atom. The quantitative estimate of drug-likeness (QED) is 0.670. The minimum atomic E-state index is 0.396. The summed E-state index contributed by atoms with van der Waals surface area (Å²) in [5, 5.41) is 4.54. The molecule has 0 aliphatic carbocycles. The Balaban J connectivity index is 2.15. The summed E-state index contributed by atoms with van der Waals surface area (Å²) in [6.07, 6.45) is 1.07. The van der Waals surface area contributed by atoms with Crippen molar-refractivity contribution in [2.24, 2.45) is 0 Å². The average molecular weight is 368 g/mol. The van der Waals surface area contributed by atoms with Crippen molar-refractivity contribution < 1.29 is 9.47 Å². The number of hydrogen-bond donors (Lipinski definition) is 1. The van der Waals surface area contributed by atoms with Gasteiger partial charge in [-0.1, -0.05) is 48.3 Å². The van der Waals surface area contributed by atoms with Gasteiger partial charge in [0.25, 0.3) is 0 Å². The van der Waals surface area contributed by atoms with Gasteiger partial charge in [0.05, 0.1) is 17.2 Å². The van der Waals surface area contributed by atoms with Crippen LogP contribution in [0.4, 0.5) is 0 Å². The van der Waals surface area contributed by atoms with Crippen molar-refractivity contribution in [1.29, 1.82) is 0 Å². The SMILES string of the molecule is CCC(C)NCc1cccc(OC)c1OCc1ccc(Cl)c(Cl)c1. The molecule has 0 spiro atoms. The lowest BCUT2D eigenvalue weighted by Gasteiger charge is -2.17. The van der Waals surface area contributed by atoms with Gasteiger partial charge in [0.1, 0.15) is 6.61 Å². The molecule has 0 saturated heterocycles. The Morgan fingerprint density at radius 3 is 2.58 bits per heavy atom. The molecule has 0 bridgehead atoms. The molecule has 0 heterocycles. The summed E-state index contributed by atoms with van der Waals surface area (Å²) in [5.74, 6) is 1.47. The van der Waals surface area contributed by atoms with Crippen LogP contribution in [0.1, 0.15) is 31.4 Å². The van der Waals surface area contributed by atoms with Crippen molar-refractivity contribution in [3.63, 3.8) is 0 Å². The molecule has 2 rings (SSSR count). The van der Waals surface area contributed by atoms with E-state index in [9.17, 15) is 0 Å². The standard InChI is InChI=1S/C19H23Cl2NO2/c1-4-13(2)22-11-15-6-5-7-18(23-3)19(15)24-12-14-8-9-16(20)17(21)10-14/h5-10,13,22H,4,11-12H2,1-3H3. The molecule has 0 radical (unpaired) electrons. The maximum absolute atomic E-state index is 6.06. The molecule has 1 atom stereocenters. The van der Waals surface area contributed by atoms with E-state index in [0.29, 0.717) is 22.7 Å². The first-order valence-electron chi connectivity index (χ1n) is 8.01. The highest BCUT2D eigenvalue weighted by Crippen LogP contribution is 2.32. The zero-order chi connectivity index (χ0) is 17.5. The smallest absolute Gasteiger partial charge is 0.166 e. The second-order valence-corrected chi connectivity index (χ2v) is 6.49. The number of hydrogen-bond acceptors (Lipinski definition) is 3. The number of para-hydroxylation sites is 1. The van der Waals surface area contributed by atoms with Gasteiger partial charge in [-0.2, -0.15) is 0 Å². The molecule has 0 fully saturated rings. The highest BCUT2D eigenvalue weighted by Gasteiger charge is 2.12. The minimum Gasteiger partial charge on any atom is -0.493 e. The van der Waals surface area contributed by atoms with E-state index < -0.39 is 0 Å². The van der Waals surface area contributed by atoms with Crippen molar-refractivity contribution >= 4 is 23.2 Å². The molecule has 0 aliphatic heterocycles. The van der Waals surface area contributed by atoms with Gasteiger partial charge in [-0.3, -0.25) is 0 Å². The first-order chi connectivity index (χ1) is 11.5. The van der Waals surface area contributed by atoms with Crippen LogP contribution in [-0.2, 0) is 13.2 Å². The zero-order valence-electron chi connectivity index (χ0n) is 14.2. The van der Waals surface area contributed by atoms with E-state index in [0.717, 1.165) is 35.6 Å². The highest BCUT2D eigenvalue weighted by atomic mass is 35.5. The molecular formula is C19H23Cl2NO2. The van der Waals surface area contributed by atoms with Crippen LogP contribution in [0.15, 0.2) is 36.4 Å². The third kappa shape index (κ3) is 5.04. The molecule has 0 amide bonds. The summed E-state index contributed by atoms with van der Waals surface area (Å²) in [4.78, 5) is 0. The number of ether oxygens (including phenoxy) is 2. The minimum absolute atomic E-state index is 0.396. The van der Waals surface area contributed by atoms with Crippen LogP contribution in [0.25, 0.3) is 0 Å². The van der Waals surface area contributed by atoms with E-state index in [-0.39, 0.29) is 0 Å². The summed E-state index contributed by atoms with van der Waals surface area (Å²) in [6.45, 7) is 5.44. The summed E-state index contributed by atoms with van der Waals surface area (Å²) >= 11 is 12.0. The van der Waals surface area contributed by atoms with Gasteiger partial charge in [-0.25, -0.2) is 0 Å². The maximum atomic E-state index is 6.06. The Bertz CT molecular complexity index is 676. The number of methoxy groups -OCH3 is 1. The molecule has 24 heavy (non-hydrogen) atoms. The molecule has 0 aliphatic rings. The molecule has 1 unspecified atom stereocenters. The van der Waals surface area contributed by atoms with Crippen LogP contribution in [-0.4, -0.2) is 13.2 Å². The summed E-state index contributed by atoms with van der Waals surface area (Å²) in [7, 11) is 1.65. The van der Waals surface area contributed by atoms with E-state index in [2.05, 4.69) is 19.2 Å². The molecule has 0 saturated carbocycles. The zero-order valence-corrected chi connectivity index (χ0v) is 15.7. The molecular weight excluding hydrogens is 345 g/mol. The second-order valence-electron chi connectivity index (χ2n) is 5.68. The van der Waals surface area contributed by atoms with E-state index in [4.69, 9.17) is 32.7 Å². The Morgan fingerprint density at radius 1 is 1.12 bits per heavy atom. The third-order valence-electron chi connectivity index (χ3n) is 3.90. The van der Waals surface area contributed by atoms with Gasteiger partial charge in [0, 0.05) is 18.2 Å². The largest absolute Gasteiger partial charge is 0.493 e. The van der Waals surface area contributed by atoms with Crippen LogP contribution in [0.3, 0.4) is 0 Å². The molecule has 2 aromatic carbocycles. The topological polar surface area (TPSA) is 30.5 Å². The summed E-state index contributed by atoms with van der Waals surface area (Å²) in [5.41, 5.74) is 2.02. The first kappa shape index (κ1) is 18.9. The first-order valence-corrected chi connectivity index (χ1v) is 8.76. The van der Waals surface area contributed by atoms with Crippen LogP contribution in [0.5, 0.6) is 11.5 Å². The fourth-order valence-electron chi connectivity index (χ4n) is 2.24. The average Bonchev–Trinajstić information content (AvgIpc) is 2.60. The normalized spacial score (nSPS) is 12.0. The number of halogens is 2. The van der Waals surface area contributed by atoms with E-state index in [1.54, 1.807) is 13.2 Å². The Labute approximate surface area is 153 Å². The molecule has 3 nitrogen and oxygen atoms in total. The number of nitrogens with one attached hydrogen (secondary N) is 1. The maximum Gasteiger partial charge on any atom is 0.166 e. The second kappa shape index (κ2) is 9.16. The molecule has 1 N–H and O–H groups in total. The fourth-order valence-corrected chi connectivity index (χ4v) is 2.56. The van der Waals surface area contributed by atoms with Gasteiger partial charge < -0.3 is 14.8 Å². The number of benzene rings is 2. The third-order valence-corrected chi connectivity index (χ3v) is 4.64. The predicted octanol–water partition coefficient (Wildman–Crippen LogP) is 5.47. The Hall–Kier alpha value is -1.42. The molecule has 130 valence electrons. The lowest BCUT2D eigenvalue weighted by Crippen LogP contribution is -2.24. The fraction of sp³-hybridized carbons (Fsp3) is 0.368. The van der Waals surface area contributed by atoms with Gasteiger partial charge in [0.15, 0.2) is 11.5 Å². The van der Waals surface area contributed by atoms with Gasteiger partial charge in [-0.15, -0.1) is 0 Å². The lowest BCUT2D eigenvalue weighted by molar-refractivity contribution is 0.280. The van der Waals surface area contributed by atoms with Crippen molar-refractivity contribution in [2.75, 3.05) is 7.11 Å². The predicted molar refractivity (Wildman–Crippen MR) is 100 cm³/mol. The van der Waals surface area contributed by atoms with E-state index in [1.165, 1.54) is 0 Å². The van der Waals surface area contributed by atoms with Gasteiger partial charge in [0.2, 0.25) is 0 Å². The lowest BCUT2D eigenvalue weighted by atomic mass is 10.1. The van der Waals surface area contributed by atoms with Crippen LogP contribution < -0.4 is 14.8 Å². The summed E-state index contributed by atoms with van der Waals surface area (Å²) in [6, 6.07) is 11.9. The van der Waals surface area contributed by atoms with Crippen molar-refractivity contribution in [3.05, 3.63) is 57.6 Å². The van der Waals surface area contributed by atoms with Gasteiger partial charge in [-0.05, 0) is 37.1 Å². The summed E-state index contributed by atoms with van der Waals surface area (Å²) < 4.78 is 11.5. The monoisotopic (exact) mass is 367 g/mol. The van der Waals surface area contributed by atoms with Crippen LogP contribution >= 0.6 is 23.2 Å². The van der Waals surface area contributed by atoms with Crippen molar-refractivity contribution in [3.8, 4) is 11.5 Å². The van der Waals surface area contributed by atoms with Gasteiger partial charge >= 0.3 is 0 Å². The highest BCUT2D eigenvalue weighted by molar-refractivity contribution is 6.42. The van der Waals surface area contributed by atoms with E-state index >= 15 is 0 Å². The van der Waals surface area contributed by atoms with E-state index in [1.807, 2.05) is 30.3 Å². The molecule has 5 heteroatoms.